The molecule has 16 heavy (non-hydrogen) atoms. The highest BCUT2D eigenvalue weighted by molar-refractivity contribution is 5.93. The van der Waals surface area contributed by atoms with Crippen LogP contribution in [-0.4, -0.2) is 25.5 Å². The van der Waals surface area contributed by atoms with Crippen LogP contribution in [0.15, 0.2) is 22.8 Å². The van der Waals surface area contributed by atoms with E-state index in [0.29, 0.717) is 0 Å². The van der Waals surface area contributed by atoms with Crippen molar-refractivity contribution in [2.75, 3.05) is 19.6 Å². The Morgan fingerprint density at radius 2 is 2.31 bits per heavy atom. The molecule has 0 unspecified atom stereocenters. The Morgan fingerprint density at radius 1 is 1.50 bits per heavy atom. The van der Waals surface area contributed by atoms with Gasteiger partial charge in [-0.15, -0.1) is 0 Å². The van der Waals surface area contributed by atoms with Crippen molar-refractivity contribution in [3.8, 4) is 0 Å². The fourth-order valence-electron chi connectivity index (χ4n) is 2.11. The van der Waals surface area contributed by atoms with E-state index >= 15 is 0 Å². The van der Waals surface area contributed by atoms with Crippen LogP contribution >= 0.6 is 0 Å². The SMILES string of the molecule is CC(C(=O)NCCC1=CCCC1)=C1CNC1. The molecule has 1 fully saturated rings. The van der Waals surface area contributed by atoms with Crippen LogP contribution in [-0.2, 0) is 4.79 Å². The Balaban J connectivity index is 1.71. The number of hydrogen-bond acceptors (Lipinski definition) is 2. The molecule has 0 atom stereocenters. The topological polar surface area (TPSA) is 41.1 Å². The fourth-order valence-corrected chi connectivity index (χ4v) is 2.11. The molecule has 88 valence electrons. The van der Waals surface area contributed by atoms with E-state index < -0.39 is 0 Å². The summed E-state index contributed by atoms with van der Waals surface area (Å²) in [6.45, 7) is 4.46. The van der Waals surface area contributed by atoms with Crippen molar-refractivity contribution < 1.29 is 4.79 Å². The molecular formula is C13H20N2O. The number of carbonyl (C=O) groups is 1. The van der Waals surface area contributed by atoms with E-state index in [2.05, 4.69) is 16.7 Å². The van der Waals surface area contributed by atoms with E-state index in [1.807, 2.05) is 6.92 Å². The second-order valence-electron chi connectivity index (χ2n) is 4.59. The Hall–Kier alpha value is -1.09. The fraction of sp³-hybridized carbons (Fsp3) is 0.615. The summed E-state index contributed by atoms with van der Waals surface area (Å²) in [4.78, 5) is 11.7. The van der Waals surface area contributed by atoms with Gasteiger partial charge in [-0.1, -0.05) is 11.6 Å². The summed E-state index contributed by atoms with van der Waals surface area (Å²) in [5, 5.41) is 6.14. The lowest BCUT2D eigenvalue weighted by Gasteiger charge is -2.21. The number of carbonyl (C=O) groups excluding carboxylic acids is 1. The Morgan fingerprint density at radius 3 is 2.88 bits per heavy atom. The molecule has 2 rings (SSSR count). The maximum atomic E-state index is 11.7. The van der Waals surface area contributed by atoms with Crippen molar-refractivity contribution in [2.24, 2.45) is 0 Å². The summed E-state index contributed by atoms with van der Waals surface area (Å²) in [5.74, 6) is 0.107. The van der Waals surface area contributed by atoms with E-state index in [-0.39, 0.29) is 5.91 Å². The second kappa shape index (κ2) is 5.30. The predicted octanol–water partition coefficient (Wildman–Crippen LogP) is 1.52. The second-order valence-corrected chi connectivity index (χ2v) is 4.59. The predicted molar refractivity (Wildman–Crippen MR) is 65.1 cm³/mol. The molecule has 0 aromatic heterocycles. The lowest BCUT2D eigenvalue weighted by molar-refractivity contribution is -0.117. The molecule has 0 radical (unpaired) electrons. The zero-order chi connectivity index (χ0) is 11.4. The van der Waals surface area contributed by atoms with Crippen molar-refractivity contribution in [3.05, 3.63) is 22.8 Å². The maximum Gasteiger partial charge on any atom is 0.246 e. The molecule has 2 aliphatic rings. The van der Waals surface area contributed by atoms with Crippen LogP contribution in [0.25, 0.3) is 0 Å². The van der Waals surface area contributed by atoms with Gasteiger partial charge in [0.15, 0.2) is 0 Å². The lowest BCUT2D eigenvalue weighted by atomic mass is 10.0. The van der Waals surface area contributed by atoms with Gasteiger partial charge in [-0.3, -0.25) is 4.79 Å². The molecule has 0 bridgehead atoms. The van der Waals surface area contributed by atoms with Gasteiger partial charge in [-0.25, -0.2) is 0 Å². The average molecular weight is 220 g/mol. The van der Waals surface area contributed by atoms with E-state index in [0.717, 1.165) is 31.6 Å². The van der Waals surface area contributed by atoms with E-state index in [1.165, 1.54) is 30.4 Å². The first kappa shape index (κ1) is 11.4. The molecule has 0 saturated carbocycles. The zero-order valence-electron chi connectivity index (χ0n) is 9.94. The minimum Gasteiger partial charge on any atom is -0.352 e. The highest BCUT2D eigenvalue weighted by atomic mass is 16.1. The Labute approximate surface area is 97.0 Å². The number of rotatable bonds is 4. The average Bonchev–Trinajstić information content (AvgIpc) is 2.67. The number of amides is 1. The van der Waals surface area contributed by atoms with Crippen LogP contribution in [0.3, 0.4) is 0 Å². The first-order valence-electron chi connectivity index (χ1n) is 6.13. The molecule has 3 heteroatoms. The molecule has 1 saturated heterocycles. The van der Waals surface area contributed by atoms with Crippen molar-refractivity contribution >= 4 is 5.91 Å². The third-order valence-electron chi connectivity index (χ3n) is 3.41. The molecule has 1 heterocycles. The summed E-state index contributed by atoms with van der Waals surface area (Å²) in [5.41, 5.74) is 3.66. The van der Waals surface area contributed by atoms with Crippen molar-refractivity contribution in [1.82, 2.24) is 10.6 Å². The molecule has 3 nitrogen and oxygen atoms in total. The van der Waals surface area contributed by atoms with Crippen LogP contribution in [0.4, 0.5) is 0 Å². The highest BCUT2D eigenvalue weighted by Gasteiger charge is 2.15. The molecular weight excluding hydrogens is 200 g/mol. The van der Waals surface area contributed by atoms with Crippen molar-refractivity contribution in [3.63, 3.8) is 0 Å². The number of allylic oxidation sites excluding steroid dienone is 1. The largest absolute Gasteiger partial charge is 0.352 e. The van der Waals surface area contributed by atoms with Gasteiger partial charge in [0.25, 0.3) is 0 Å². The molecule has 1 amide bonds. The monoisotopic (exact) mass is 220 g/mol. The summed E-state index contributed by atoms with van der Waals surface area (Å²) in [7, 11) is 0. The normalized spacial score (nSPS) is 19.1. The van der Waals surface area contributed by atoms with Crippen molar-refractivity contribution in [1.29, 1.82) is 0 Å². The van der Waals surface area contributed by atoms with Crippen LogP contribution < -0.4 is 10.6 Å². The van der Waals surface area contributed by atoms with Gasteiger partial charge >= 0.3 is 0 Å². The van der Waals surface area contributed by atoms with Gasteiger partial charge < -0.3 is 10.6 Å². The lowest BCUT2D eigenvalue weighted by Crippen LogP contribution is -2.37. The first-order valence-corrected chi connectivity index (χ1v) is 6.13. The minimum absolute atomic E-state index is 0.107. The molecule has 0 aromatic rings. The van der Waals surface area contributed by atoms with Gasteiger partial charge in [0, 0.05) is 25.2 Å². The molecule has 2 N–H and O–H groups in total. The Kier molecular flexibility index (Phi) is 3.78. The summed E-state index contributed by atoms with van der Waals surface area (Å²) in [6.07, 6.45) is 7.07. The van der Waals surface area contributed by atoms with Crippen LogP contribution in [0.1, 0.15) is 32.6 Å². The smallest absolute Gasteiger partial charge is 0.246 e. The van der Waals surface area contributed by atoms with E-state index in [9.17, 15) is 4.79 Å². The standard InChI is InChI=1S/C13H20N2O/c1-10(12-8-14-9-12)13(16)15-7-6-11-4-2-3-5-11/h4,14H,2-3,5-9H2,1H3,(H,15,16). The number of nitrogens with one attached hydrogen (secondary N) is 2. The summed E-state index contributed by atoms with van der Waals surface area (Å²) < 4.78 is 0. The third-order valence-corrected chi connectivity index (χ3v) is 3.41. The first-order chi connectivity index (χ1) is 7.77. The van der Waals surface area contributed by atoms with Crippen LogP contribution in [0.2, 0.25) is 0 Å². The molecule has 0 aromatic carbocycles. The Bertz CT molecular complexity index is 336. The minimum atomic E-state index is 0.107. The van der Waals surface area contributed by atoms with Gasteiger partial charge in [-0.2, -0.15) is 0 Å². The van der Waals surface area contributed by atoms with Crippen molar-refractivity contribution in [2.45, 2.75) is 32.6 Å². The molecule has 1 aliphatic carbocycles. The third kappa shape index (κ3) is 2.73. The van der Waals surface area contributed by atoms with Crippen LogP contribution in [0, 0.1) is 0 Å². The van der Waals surface area contributed by atoms with E-state index in [4.69, 9.17) is 0 Å². The van der Waals surface area contributed by atoms with E-state index in [1.54, 1.807) is 0 Å². The maximum absolute atomic E-state index is 11.7. The van der Waals surface area contributed by atoms with Crippen LogP contribution in [0.5, 0.6) is 0 Å². The quantitative estimate of drug-likeness (QED) is 0.557. The summed E-state index contributed by atoms with van der Waals surface area (Å²) in [6, 6.07) is 0. The van der Waals surface area contributed by atoms with Gasteiger partial charge in [0.05, 0.1) is 0 Å². The van der Waals surface area contributed by atoms with Gasteiger partial charge in [-0.05, 0) is 38.2 Å². The summed E-state index contributed by atoms with van der Waals surface area (Å²) >= 11 is 0. The van der Waals surface area contributed by atoms with Gasteiger partial charge in [0.1, 0.15) is 0 Å². The molecule has 0 spiro atoms. The number of hydrogen-bond donors (Lipinski definition) is 2. The zero-order valence-corrected chi connectivity index (χ0v) is 9.94. The highest BCUT2D eigenvalue weighted by Crippen LogP contribution is 2.19. The molecule has 1 aliphatic heterocycles. The van der Waals surface area contributed by atoms with Gasteiger partial charge in [0.2, 0.25) is 5.91 Å².